The van der Waals surface area contributed by atoms with Gasteiger partial charge in [0.25, 0.3) is 5.69 Å². The lowest BCUT2D eigenvalue weighted by atomic mass is 10.1. The number of aliphatic imine (C=N–C) groups is 1. The molecule has 0 radical (unpaired) electrons. The fourth-order valence-corrected chi connectivity index (χ4v) is 3.26. The number of hydrogen-bond acceptors (Lipinski definition) is 5. The monoisotopic (exact) mass is 327 g/mol. The standard InChI is InChI=1S/C16H13N3O3S/c20-15-14(10-11-6-2-1-3-7-11)23-16(18-15)17-12-8-4-5-9-13(12)19(21)22/h1-9,14H,10H2,(H,17,18,20). The predicted molar refractivity (Wildman–Crippen MR) is 89.9 cm³/mol. The number of carbonyl (C=O) groups is 1. The van der Waals surface area contributed by atoms with Crippen LogP contribution in [0.25, 0.3) is 0 Å². The van der Waals surface area contributed by atoms with Crippen molar-refractivity contribution in [1.29, 1.82) is 0 Å². The summed E-state index contributed by atoms with van der Waals surface area (Å²) < 4.78 is 0. The van der Waals surface area contributed by atoms with Crippen LogP contribution in [-0.2, 0) is 11.2 Å². The van der Waals surface area contributed by atoms with Gasteiger partial charge in [-0.1, -0.05) is 54.2 Å². The highest BCUT2D eigenvalue weighted by Crippen LogP contribution is 2.30. The van der Waals surface area contributed by atoms with E-state index in [0.29, 0.717) is 11.6 Å². The molecule has 1 fully saturated rings. The largest absolute Gasteiger partial charge is 0.304 e. The molecule has 1 N–H and O–H groups in total. The SMILES string of the molecule is O=C1NC(=Nc2ccccc2[N+](=O)[O-])SC1Cc1ccccc1. The highest BCUT2D eigenvalue weighted by Gasteiger charge is 2.30. The van der Waals surface area contributed by atoms with Crippen molar-refractivity contribution < 1.29 is 9.72 Å². The molecule has 23 heavy (non-hydrogen) atoms. The maximum atomic E-state index is 12.1. The number of para-hydroxylation sites is 2. The number of carbonyl (C=O) groups excluding carboxylic acids is 1. The molecule has 7 heteroatoms. The van der Waals surface area contributed by atoms with Crippen LogP contribution in [0.3, 0.4) is 0 Å². The smallest absolute Gasteiger partial charge is 0.294 e. The van der Waals surface area contributed by atoms with Gasteiger partial charge in [0.05, 0.1) is 10.2 Å². The highest BCUT2D eigenvalue weighted by molar-refractivity contribution is 8.15. The number of nitrogens with zero attached hydrogens (tertiary/aromatic N) is 2. The van der Waals surface area contributed by atoms with E-state index in [0.717, 1.165) is 5.56 Å². The molecule has 0 bridgehead atoms. The fourth-order valence-electron chi connectivity index (χ4n) is 2.24. The van der Waals surface area contributed by atoms with Crippen LogP contribution in [0.5, 0.6) is 0 Å². The molecule has 2 aromatic carbocycles. The Balaban J connectivity index is 1.78. The van der Waals surface area contributed by atoms with Crippen LogP contribution in [0.2, 0.25) is 0 Å². The van der Waals surface area contributed by atoms with E-state index in [9.17, 15) is 14.9 Å². The number of amides is 1. The summed E-state index contributed by atoms with van der Waals surface area (Å²) >= 11 is 1.30. The van der Waals surface area contributed by atoms with Gasteiger partial charge in [-0.05, 0) is 18.1 Å². The summed E-state index contributed by atoms with van der Waals surface area (Å²) in [6, 6.07) is 15.9. The Morgan fingerprint density at radius 3 is 2.57 bits per heavy atom. The Kier molecular flexibility index (Phi) is 4.38. The second-order valence-corrected chi connectivity index (χ2v) is 6.14. The summed E-state index contributed by atoms with van der Waals surface area (Å²) in [5, 5.41) is 13.8. The van der Waals surface area contributed by atoms with Crippen LogP contribution in [-0.4, -0.2) is 21.2 Å². The molecule has 1 amide bonds. The molecule has 1 saturated heterocycles. The van der Waals surface area contributed by atoms with E-state index < -0.39 is 4.92 Å². The summed E-state index contributed by atoms with van der Waals surface area (Å²) in [6.07, 6.45) is 0.591. The average Bonchev–Trinajstić information content (AvgIpc) is 2.88. The molecule has 0 aliphatic carbocycles. The Labute approximate surface area is 136 Å². The number of amidine groups is 1. The molecule has 0 saturated carbocycles. The van der Waals surface area contributed by atoms with E-state index in [-0.39, 0.29) is 22.5 Å². The lowest BCUT2D eigenvalue weighted by Gasteiger charge is -2.04. The van der Waals surface area contributed by atoms with Gasteiger partial charge in [-0.25, -0.2) is 4.99 Å². The minimum Gasteiger partial charge on any atom is -0.304 e. The predicted octanol–water partition coefficient (Wildman–Crippen LogP) is 3.06. The minimum atomic E-state index is -0.484. The third-order valence-corrected chi connectivity index (χ3v) is 4.42. The zero-order valence-corrected chi connectivity index (χ0v) is 12.8. The molecule has 6 nitrogen and oxygen atoms in total. The van der Waals surface area contributed by atoms with E-state index >= 15 is 0 Å². The fraction of sp³-hybridized carbons (Fsp3) is 0.125. The summed E-state index contributed by atoms with van der Waals surface area (Å²) in [5.41, 5.74) is 1.22. The third kappa shape index (κ3) is 3.57. The maximum Gasteiger partial charge on any atom is 0.294 e. The quantitative estimate of drug-likeness (QED) is 0.691. The van der Waals surface area contributed by atoms with E-state index in [4.69, 9.17) is 0 Å². The van der Waals surface area contributed by atoms with Crippen LogP contribution >= 0.6 is 11.8 Å². The Hall–Kier alpha value is -2.67. The number of nitro groups is 1. The zero-order chi connectivity index (χ0) is 16.2. The van der Waals surface area contributed by atoms with E-state index in [2.05, 4.69) is 10.3 Å². The van der Waals surface area contributed by atoms with Crippen molar-refractivity contribution in [2.24, 2.45) is 4.99 Å². The lowest BCUT2D eigenvalue weighted by Crippen LogP contribution is -2.25. The highest BCUT2D eigenvalue weighted by atomic mass is 32.2. The summed E-state index contributed by atoms with van der Waals surface area (Å²) in [4.78, 5) is 26.8. The zero-order valence-electron chi connectivity index (χ0n) is 12.0. The molecule has 2 aromatic rings. The first-order valence-electron chi connectivity index (χ1n) is 6.97. The topological polar surface area (TPSA) is 84.6 Å². The van der Waals surface area contributed by atoms with Gasteiger partial charge in [0.1, 0.15) is 5.69 Å². The summed E-state index contributed by atoms with van der Waals surface area (Å²) in [5.74, 6) is -0.129. The molecule has 1 heterocycles. The van der Waals surface area contributed by atoms with Crippen molar-refractivity contribution in [1.82, 2.24) is 5.32 Å². The summed E-state index contributed by atoms with van der Waals surface area (Å²) in [6.45, 7) is 0. The molecule has 1 unspecified atom stereocenters. The number of hydrogen-bond donors (Lipinski definition) is 1. The minimum absolute atomic E-state index is 0.0821. The van der Waals surface area contributed by atoms with Crippen molar-refractivity contribution in [3.05, 3.63) is 70.3 Å². The molecular weight excluding hydrogens is 314 g/mol. The average molecular weight is 327 g/mol. The Morgan fingerprint density at radius 2 is 1.83 bits per heavy atom. The van der Waals surface area contributed by atoms with Gasteiger partial charge >= 0.3 is 0 Å². The molecule has 0 aromatic heterocycles. The van der Waals surface area contributed by atoms with Crippen molar-refractivity contribution in [2.75, 3.05) is 0 Å². The van der Waals surface area contributed by atoms with Gasteiger partial charge in [0.15, 0.2) is 5.17 Å². The van der Waals surface area contributed by atoms with E-state index in [1.165, 1.54) is 17.8 Å². The van der Waals surface area contributed by atoms with Crippen LogP contribution in [0.4, 0.5) is 11.4 Å². The van der Waals surface area contributed by atoms with Gasteiger partial charge in [0, 0.05) is 6.07 Å². The van der Waals surface area contributed by atoms with Gasteiger partial charge in [-0.2, -0.15) is 0 Å². The molecule has 1 aliphatic heterocycles. The summed E-state index contributed by atoms with van der Waals surface area (Å²) in [7, 11) is 0. The van der Waals surface area contributed by atoms with Gasteiger partial charge < -0.3 is 5.32 Å². The second-order valence-electron chi connectivity index (χ2n) is 4.95. The number of rotatable bonds is 4. The van der Waals surface area contributed by atoms with Crippen LogP contribution in [0, 0.1) is 10.1 Å². The van der Waals surface area contributed by atoms with Gasteiger partial charge in [0.2, 0.25) is 5.91 Å². The first kappa shape index (κ1) is 15.2. The number of thioether (sulfide) groups is 1. The van der Waals surface area contributed by atoms with E-state index in [1.807, 2.05) is 30.3 Å². The van der Waals surface area contributed by atoms with Crippen LogP contribution < -0.4 is 5.32 Å². The molecule has 1 atom stereocenters. The first-order chi connectivity index (χ1) is 11.1. The molecular formula is C16H13N3O3S. The van der Waals surface area contributed by atoms with Gasteiger partial charge in [-0.15, -0.1) is 0 Å². The van der Waals surface area contributed by atoms with Crippen LogP contribution in [0.1, 0.15) is 5.56 Å². The lowest BCUT2D eigenvalue weighted by molar-refractivity contribution is -0.384. The first-order valence-corrected chi connectivity index (χ1v) is 7.85. The maximum absolute atomic E-state index is 12.1. The Bertz CT molecular complexity index is 777. The van der Waals surface area contributed by atoms with Gasteiger partial charge in [-0.3, -0.25) is 14.9 Å². The van der Waals surface area contributed by atoms with E-state index in [1.54, 1.807) is 18.2 Å². The number of nitrogens with one attached hydrogen (secondary N) is 1. The number of benzene rings is 2. The molecule has 0 spiro atoms. The normalized spacial score (nSPS) is 18.9. The second kappa shape index (κ2) is 6.62. The van der Waals surface area contributed by atoms with Crippen molar-refractivity contribution in [2.45, 2.75) is 11.7 Å². The molecule has 116 valence electrons. The van der Waals surface area contributed by atoms with Crippen molar-refractivity contribution in [3.63, 3.8) is 0 Å². The Morgan fingerprint density at radius 1 is 1.13 bits per heavy atom. The van der Waals surface area contributed by atoms with Crippen molar-refractivity contribution in [3.8, 4) is 0 Å². The molecule has 3 rings (SSSR count). The number of nitro benzene ring substituents is 1. The molecule has 1 aliphatic rings. The van der Waals surface area contributed by atoms with Crippen molar-refractivity contribution >= 4 is 34.2 Å². The third-order valence-electron chi connectivity index (χ3n) is 3.34. The van der Waals surface area contributed by atoms with Crippen LogP contribution in [0.15, 0.2) is 59.6 Å².